The van der Waals surface area contributed by atoms with Crippen molar-refractivity contribution in [3.63, 3.8) is 0 Å². The minimum Gasteiger partial charge on any atom is -0.492 e. The average Bonchev–Trinajstić information content (AvgIpc) is 3.04. The number of nitrogens with one attached hydrogen (secondary N) is 1. The van der Waals surface area contributed by atoms with Crippen molar-refractivity contribution >= 4 is 11.7 Å². The van der Waals surface area contributed by atoms with Crippen molar-refractivity contribution in [1.29, 1.82) is 0 Å². The molecule has 6 heteroatoms. The minimum absolute atomic E-state index is 0.244. The van der Waals surface area contributed by atoms with E-state index < -0.39 is 0 Å². The summed E-state index contributed by atoms with van der Waals surface area (Å²) >= 11 is 0. The molecule has 0 aliphatic carbocycles. The van der Waals surface area contributed by atoms with Gasteiger partial charge in [-0.25, -0.2) is 9.78 Å². The second kappa shape index (κ2) is 8.61. The third-order valence-corrected chi connectivity index (χ3v) is 4.43. The molecule has 0 saturated heterocycles. The van der Waals surface area contributed by atoms with Crippen LogP contribution in [0.25, 0.3) is 11.5 Å². The molecular formula is C22H25N3O3. The topological polar surface area (TPSA) is 67.6 Å². The number of urea groups is 1. The Bertz CT molecular complexity index is 965. The van der Waals surface area contributed by atoms with Crippen LogP contribution in [0.3, 0.4) is 0 Å². The molecule has 1 heterocycles. The lowest BCUT2D eigenvalue weighted by molar-refractivity contribution is 0.220. The average molecular weight is 379 g/mol. The second-order valence-electron chi connectivity index (χ2n) is 6.55. The molecule has 0 aliphatic heterocycles. The molecule has 0 bridgehead atoms. The number of para-hydroxylation sites is 2. The maximum absolute atomic E-state index is 12.6. The summed E-state index contributed by atoms with van der Waals surface area (Å²) in [5, 5.41) is 2.89. The largest absolute Gasteiger partial charge is 0.492 e. The number of ether oxygens (including phenoxy) is 1. The van der Waals surface area contributed by atoms with E-state index >= 15 is 0 Å². The first-order valence-electron chi connectivity index (χ1n) is 9.25. The number of hydrogen-bond donors (Lipinski definition) is 1. The summed E-state index contributed by atoms with van der Waals surface area (Å²) in [6.45, 7) is 6.65. The third kappa shape index (κ3) is 4.34. The summed E-state index contributed by atoms with van der Waals surface area (Å²) in [5.74, 6) is 1.92. The van der Waals surface area contributed by atoms with Crippen molar-refractivity contribution in [3.05, 3.63) is 65.5 Å². The van der Waals surface area contributed by atoms with Crippen molar-refractivity contribution in [2.75, 3.05) is 19.0 Å². The van der Waals surface area contributed by atoms with Crippen molar-refractivity contribution in [3.8, 4) is 17.2 Å². The molecule has 1 aromatic heterocycles. The van der Waals surface area contributed by atoms with Gasteiger partial charge in [0, 0.05) is 12.6 Å². The molecule has 0 aliphatic rings. The van der Waals surface area contributed by atoms with Gasteiger partial charge < -0.3 is 19.4 Å². The van der Waals surface area contributed by atoms with Crippen molar-refractivity contribution < 1.29 is 13.9 Å². The first-order chi connectivity index (χ1) is 13.5. The molecule has 28 heavy (non-hydrogen) atoms. The number of hydrogen-bond acceptors (Lipinski definition) is 4. The lowest BCUT2D eigenvalue weighted by atomic mass is 10.1. The summed E-state index contributed by atoms with van der Waals surface area (Å²) in [6.07, 6.45) is 0. The number of aromatic nitrogens is 1. The molecule has 2 amide bonds. The van der Waals surface area contributed by atoms with Crippen molar-refractivity contribution in [1.82, 2.24) is 9.88 Å². The molecule has 0 unspecified atom stereocenters. The minimum atomic E-state index is -0.244. The van der Waals surface area contributed by atoms with E-state index in [2.05, 4.69) is 10.3 Å². The van der Waals surface area contributed by atoms with Crippen LogP contribution >= 0.6 is 0 Å². The molecule has 0 radical (unpaired) electrons. The number of nitrogens with zero attached hydrogens (tertiary/aromatic N) is 2. The zero-order valence-corrected chi connectivity index (χ0v) is 16.7. The zero-order chi connectivity index (χ0) is 20.1. The Morgan fingerprint density at radius 3 is 2.61 bits per heavy atom. The maximum Gasteiger partial charge on any atom is 0.322 e. The van der Waals surface area contributed by atoms with Gasteiger partial charge in [-0.3, -0.25) is 0 Å². The summed E-state index contributed by atoms with van der Waals surface area (Å²) in [5.41, 5.74) is 3.41. The van der Waals surface area contributed by atoms with Crippen LogP contribution in [0.4, 0.5) is 10.5 Å². The molecule has 3 aromatic rings. The number of oxazole rings is 1. The Balaban J connectivity index is 1.72. The van der Waals surface area contributed by atoms with E-state index in [0.29, 0.717) is 36.2 Å². The van der Waals surface area contributed by atoms with Gasteiger partial charge >= 0.3 is 6.03 Å². The fourth-order valence-electron chi connectivity index (χ4n) is 2.86. The van der Waals surface area contributed by atoms with Crippen LogP contribution in [0, 0.1) is 13.8 Å². The molecular weight excluding hydrogens is 354 g/mol. The van der Waals surface area contributed by atoms with E-state index in [1.165, 1.54) is 0 Å². The van der Waals surface area contributed by atoms with Gasteiger partial charge in [0.05, 0.1) is 18.8 Å². The predicted molar refractivity (Wildman–Crippen MR) is 110 cm³/mol. The van der Waals surface area contributed by atoms with Crippen LogP contribution in [-0.2, 0) is 6.54 Å². The quantitative estimate of drug-likeness (QED) is 0.653. The Hall–Kier alpha value is -3.28. The normalized spacial score (nSPS) is 10.6. The van der Waals surface area contributed by atoms with Gasteiger partial charge in [-0.05, 0) is 44.5 Å². The number of carbonyl (C=O) groups excluding carboxylic acids is 1. The number of anilines is 1. The van der Waals surface area contributed by atoms with Gasteiger partial charge in [-0.15, -0.1) is 0 Å². The number of rotatable bonds is 6. The number of amides is 2. The molecule has 3 rings (SSSR count). The smallest absolute Gasteiger partial charge is 0.322 e. The van der Waals surface area contributed by atoms with Crippen LogP contribution in [0.2, 0.25) is 0 Å². The van der Waals surface area contributed by atoms with E-state index in [0.717, 1.165) is 16.8 Å². The molecule has 2 aromatic carbocycles. The molecule has 0 atom stereocenters. The number of carbonyl (C=O) groups is 1. The highest BCUT2D eigenvalue weighted by Gasteiger charge is 2.18. The highest BCUT2D eigenvalue weighted by molar-refractivity contribution is 5.90. The van der Waals surface area contributed by atoms with Gasteiger partial charge in [0.25, 0.3) is 0 Å². The molecule has 6 nitrogen and oxygen atoms in total. The second-order valence-corrected chi connectivity index (χ2v) is 6.55. The molecule has 0 saturated carbocycles. The lowest BCUT2D eigenvalue weighted by Gasteiger charge is -2.18. The standard InChI is InChI=1S/C22H25N3O3/c1-5-27-20-13-9-8-12-18(20)24-22(26)25(4)14-19-16(3)28-21(23-19)17-11-7-6-10-15(17)2/h6-13H,5,14H2,1-4H3,(H,24,26). The number of benzene rings is 2. The Morgan fingerprint density at radius 1 is 1.14 bits per heavy atom. The van der Waals surface area contributed by atoms with Gasteiger partial charge in [-0.2, -0.15) is 0 Å². The van der Waals surface area contributed by atoms with Crippen molar-refractivity contribution in [2.45, 2.75) is 27.3 Å². The first kappa shape index (κ1) is 19.5. The van der Waals surface area contributed by atoms with E-state index in [1.54, 1.807) is 11.9 Å². The van der Waals surface area contributed by atoms with Gasteiger partial charge in [-0.1, -0.05) is 30.3 Å². The maximum atomic E-state index is 12.6. The molecule has 146 valence electrons. The fraction of sp³-hybridized carbons (Fsp3) is 0.273. The van der Waals surface area contributed by atoms with Crippen LogP contribution in [0.5, 0.6) is 5.75 Å². The lowest BCUT2D eigenvalue weighted by Crippen LogP contribution is -2.31. The summed E-state index contributed by atoms with van der Waals surface area (Å²) in [4.78, 5) is 18.8. The summed E-state index contributed by atoms with van der Waals surface area (Å²) in [7, 11) is 1.72. The predicted octanol–water partition coefficient (Wildman–Crippen LogP) is 5.02. The van der Waals surface area contributed by atoms with Gasteiger partial charge in [0.2, 0.25) is 5.89 Å². The van der Waals surface area contributed by atoms with Crippen LogP contribution < -0.4 is 10.1 Å². The number of aryl methyl sites for hydroxylation is 2. The van der Waals surface area contributed by atoms with E-state index in [1.807, 2.05) is 69.3 Å². The SMILES string of the molecule is CCOc1ccccc1NC(=O)N(C)Cc1nc(-c2ccccc2C)oc1C. The van der Waals surface area contributed by atoms with Gasteiger partial charge in [0.15, 0.2) is 0 Å². The molecule has 0 fully saturated rings. The zero-order valence-electron chi connectivity index (χ0n) is 16.7. The van der Waals surface area contributed by atoms with Crippen LogP contribution in [-0.4, -0.2) is 29.6 Å². The summed E-state index contributed by atoms with van der Waals surface area (Å²) in [6, 6.07) is 15.1. The van der Waals surface area contributed by atoms with Crippen LogP contribution in [0.1, 0.15) is 23.9 Å². The Morgan fingerprint density at radius 2 is 1.86 bits per heavy atom. The fourth-order valence-corrected chi connectivity index (χ4v) is 2.86. The molecule has 0 spiro atoms. The van der Waals surface area contributed by atoms with E-state index in [9.17, 15) is 4.79 Å². The Kier molecular flexibility index (Phi) is 5.99. The third-order valence-electron chi connectivity index (χ3n) is 4.43. The highest BCUT2D eigenvalue weighted by atomic mass is 16.5. The van der Waals surface area contributed by atoms with E-state index in [-0.39, 0.29) is 6.03 Å². The first-order valence-corrected chi connectivity index (χ1v) is 9.25. The highest BCUT2D eigenvalue weighted by Crippen LogP contribution is 2.26. The van der Waals surface area contributed by atoms with Crippen molar-refractivity contribution in [2.24, 2.45) is 0 Å². The molecule has 1 N–H and O–H groups in total. The Labute approximate surface area is 165 Å². The monoisotopic (exact) mass is 379 g/mol. The van der Waals surface area contributed by atoms with Crippen LogP contribution in [0.15, 0.2) is 52.9 Å². The van der Waals surface area contributed by atoms with Gasteiger partial charge in [0.1, 0.15) is 17.2 Å². The van der Waals surface area contributed by atoms with E-state index in [4.69, 9.17) is 9.15 Å². The summed E-state index contributed by atoms with van der Waals surface area (Å²) < 4.78 is 11.4.